The molecule has 2 saturated heterocycles. The first-order valence-electron chi connectivity index (χ1n) is 8.73. The third-order valence-electron chi connectivity index (χ3n) is 4.86. The van der Waals surface area contributed by atoms with Crippen molar-refractivity contribution >= 4 is 9.84 Å². The van der Waals surface area contributed by atoms with Crippen LogP contribution in [-0.4, -0.2) is 44.2 Å². The molecule has 1 N–H and O–H groups in total. The van der Waals surface area contributed by atoms with Crippen LogP contribution in [0.5, 0.6) is 0 Å². The number of hydrogen-bond acceptors (Lipinski definition) is 5. The Morgan fingerprint density at radius 1 is 1.32 bits per heavy atom. The van der Waals surface area contributed by atoms with Crippen LogP contribution in [0, 0.1) is 0 Å². The van der Waals surface area contributed by atoms with E-state index in [1.807, 2.05) is 26.8 Å². The lowest BCUT2D eigenvalue weighted by Crippen LogP contribution is -2.48. The van der Waals surface area contributed by atoms with E-state index in [1.165, 1.54) is 0 Å². The number of benzene rings is 1. The average Bonchev–Trinajstić information content (AvgIpc) is 3.04. The third-order valence-corrected chi connectivity index (χ3v) is 7.11. The van der Waals surface area contributed by atoms with Crippen molar-refractivity contribution in [3.63, 3.8) is 0 Å². The summed E-state index contributed by atoms with van der Waals surface area (Å²) in [5.74, 6) is -0.676. The molecule has 0 saturated carbocycles. The van der Waals surface area contributed by atoms with Crippen molar-refractivity contribution in [2.45, 2.75) is 67.8 Å². The quantitative estimate of drug-likeness (QED) is 0.785. The van der Waals surface area contributed by atoms with Gasteiger partial charge in [0.1, 0.15) is 12.2 Å². The van der Waals surface area contributed by atoms with Crippen LogP contribution in [0.15, 0.2) is 47.4 Å². The standard InChI is InChI=1S/C19H27NO4S/c1-13(2)10-11-16(25(21,22)14-8-6-5-7-9-14)17-18-15(12-20-17)23-19(3,4)24-18/h5-9,15-18,20H,1,10-12H2,2-4H3/t15-,16?,17?,18-/m1/s1. The summed E-state index contributed by atoms with van der Waals surface area (Å²) in [5, 5.41) is 2.75. The van der Waals surface area contributed by atoms with E-state index < -0.39 is 20.9 Å². The molecule has 6 heteroatoms. The minimum Gasteiger partial charge on any atom is -0.343 e. The summed E-state index contributed by atoms with van der Waals surface area (Å²) in [6.45, 7) is 10.2. The van der Waals surface area contributed by atoms with E-state index in [-0.39, 0.29) is 18.2 Å². The van der Waals surface area contributed by atoms with Crippen LogP contribution in [0.25, 0.3) is 0 Å². The van der Waals surface area contributed by atoms with E-state index >= 15 is 0 Å². The molecule has 0 bridgehead atoms. The molecule has 0 amide bonds. The molecule has 0 spiro atoms. The highest BCUT2D eigenvalue weighted by Gasteiger charge is 2.53. The van der Waals surface area contributed by atoms with Gasteiger partial charge in [-0.2, -0.15) is 0 Å². The first-order chi connectivity index (χ1) is 11.7. The molecule has 2 heterocycles. The molecule has 25 heavy (non-hydrogen) atoms. The van der Waals surface area contributed by atoms with Crippen molar-refractivity contribution in [1.29, 1.82) is 0 Å². The van der Waals surface area contributed by atoms with Gasteiger partial charge >= 0.3 is 0 Å². The number of allylic oxidation sites excluding steroid dienone is 1. The van der Waals surface area contributed by atoms with E-state index in [4.69, 9.17) is 9.47 Å². The maximum Gasteiger partial charge on any atom is 0.182 e. The Bertz CT molecular complexity index is 729. The van der Waals surface area contributed by atoms with Crippen LogP contribution >= 0.6 is 0 Å². The molecule has 2 unspecified atom stereocenters. The molecule has 138 valence electrons. The van der Waals surface area contributed by atoms with E-state index in [0.717, 1.165) is 5.57 Å². The van der Waals surface area contributed by atoms with E-state index in [1.54, 1.807) is 24.3 Å². The van der Waals surface area contributed by atoms with E-state index in [0.29, 0.717) is 24.3 Å². The highest BCUT2D eigenvalue weighted by molar-refractivity contribution is 7.92. The highest BCUT2D eigenvalue weighted by atomic mass is 32.2. The Balaban J connectivity index is 1.92. The molecule has 5 nitrogen and oxygen atoms in total. The van der Waals surface area contributed by atoms with Crippen LogP contribution in [-0.2, 0) is 19.3 Å². The van der Waals surface area contributed by atoms with Gasteiger partial charge < -0.3 is 14.8 Å². The van der Waals surface area contributed by atoms with Crippen LogP contribution in [0.4, 0.5) is 0 Å². The fourth-order valence-electron chi connectivity index (χ4n) is 3.74. The SMILES string of the molecule is C=C(C)CCC(C1NC[C@H]2OC(C)(C)O[C@@H]12)S(=O)(=O)c1ccccc1. The maximum absolute atomic E-state index is 13.3. The maximum atomic E-state index is 13.3. The fraction of sp³-hybridized carbons (Fsp3) is 0.579. The molecular weight excluding hydrogens is 338 g/mol. The second kappa shape index (κ2) is 6.83. The van der Waals surface area contributed by atoms with Crippen molar-refractivity contribution < 1.29 is 17.9 Å². The van der Waals surface area contributed by atoms with E-state index in [2.05, 4.69) is 11.9 Å². The molecule has 1 aromatic rings. The van der Waals surface area contributed by atoms with Gasteiger partial charge in [-0.15, -0.1) is 6.58 Å². The summed E-state index contributed by atoms with van der Waals surface area (Å²) >= 11 is 0. The van der Waals surface area contributed by atoms with Gasteiger partial charge in [0.2, 0.25) is 0 Å². The number of sulfone groups is 1. The lowest BCUT2D eigenvalue weighted by molar-refractivity contribution is -0.152. The summed E-state index contributed by atoms with van der Waals surface area (Å²) in [6, 6.07) is 8.35. The molecule has 0 radical (unpaired) electrons. The Morgan fingerprint density at radius 2 is 2.00 bits per heavy atom. The number of nitrogens with one attached hydrogen (secondary N) is 1. The first-order valence-corrected chi connectivity index (χ1v) is 10.3. The lowest BCUT2D eigenvalue weighted by Gasteiger charge is -2.29. The number of ether oxygens (including phenoxy) is 2. The Hall–Kier alpha value is -1.21. The van der Waals surface area contributed by atoms with Gasteiger partial charge in [0, 0.05) is 6.54 Å². The predicted molar refractivity (Wildman–Crippen MR) is 97.1 cm³/mol. The normalized spacial score (nSPS) is 29.3. The van der Waals surface area contributed by atoms with Crippen molar-refractivity contribution in [2.75, 3.05) is 6.54 Å². The first kappa shape index (κ1) is 18.6. The number of fused-ring (bicyclic) bond motifs is 1. The second-order valence-corrected chi connectivity index (χ2v) is 9.63. The summed E-state index contributed by atoms with van der Waals surface area (Å²) < 4.78 is 38.6. The molecule has 2 aliphatic rings. The van der Waals surface area contributed by atoms with Gasteiger partial charge in [-0.05, 0) is 45.7 Å². The molecular formula is C19H27NO4S. The zero-order valence-electron chi connectivity index (χ0n) is 15.1. The fourth-order valence-corrected chi connectivity index (χ4v) is 5.69. The Morgan fingerprint density at radius 3 is 2.64 bits per heavy atom. The minimum absolute atomic E-state index is 0.113. The summed E-state index contributed by atoms with van der Waals surface area (Å²) in [5.41, 5.74) is 0.978. The number of rotatable bonds is 6. The van der Waals surface area contributed by atoms with Crippen molar-refractivity contribution in [3.8, 4) is 0 Å². The van der Waals surface area contributed by atoms with Gasteiger partial charge in [-0.25, -0.2) is 8.42 Å². The van der Waals surface area contributed by atoms with Gasteiger partial charge in [-0.1, -0.05) is 23.8 Å². The Labute approximate surface area is 150 Å². The van der Waals surface area contributed by atoms with Crippen LogP contribution < -0.4 is 5.32 Å². The van der Waals surface area contributed by atoms with E-state index in [9.17, 15) is 8.42 Å². The number of hydrogen-bond donors (Lipinski definition) is 1. The van der Waals surface area contributed by atoms with Crippen molar-refractivity contribution in [2.24, 2.45) is 0 Å². The van der Waals surface area contributed by atoms with Gasteiger partial charge in [0.15, 0.2) is 15.6 Å². The monoisotopic (exact) mass is 365 g/mol. The Kier molecular flexibility index (Phi) is 5.08. The highest BCUT2D eigenvalue weighted by Crippen LogP contribution is 2.37. The van der Waals surface area contributed by atoms with Gasteiger partial charge in [0.05, 0.1) is 16.2 Å². The van der Waals surface area contributed by atoms with Gasteiger partial charge in [-0.3, -0.25) is 0 Å². The molecule has 2 aliphatic heterocycles. The molecule has 0 aromatic heterocycles. The molecule has 4 atom stereocenters. The van der Waals surface area contributed by atoms with Crippen LogP contribution in [0.2, 0.25) is 0 Å². The molecule has 3 rings (SSSR count). The largest absolute Gasteiger partial charge is 0.343 e. The smallest absolute Gasteiger partial charge is 0.182 e. The minimum atomic E-state index is -3.50. The average molecular weight is 365 g/mol. The van der Waals surface area contributed by atoms with Crippen molar-refractivity contribution in [3.05, 3.63) is 42.5 Å². The lowest BCUT2D eigenvalue weighted by atomic mass is 10.0. The zero-order valence-corrected chi connectivity index (χ0v) is 15.9. The zero-order chi connectivity index (χ0) is 18.2. The summed E-state index contributed by atoms with van der Waals surface area (Å²) in [4.78, 5) is 0.352. The predicted octanol–water partition coefficient (Wildman–Crippen LogP) is 2.68. The third kappa shape index (κ3) is 3.82. The molecule has 2 fully saturated rings. The summed E-state index contributed by atoms with van der Waals surface area (Å²) in [7, 11) is -3.50. The van der Waals surface area contributed by atoms with Crippen LogP contribution in [0.3, 0.4) is 0 Å². The van der Waals surface area contributed by atoms with Crippen molar-refractivity contribution in [1.82, 2.24) is 5.32 Å². The van der Waals surface area contributed by atoms with Gasteiger partial charge in [0.25, 0.3) is 0 Å². The van der Waals surface area contributed by atoms with Crippen LogP contribution in [0.1, 0.15) is 33.6 Å². The topological polar surface area (TPSA) is 64.6 Å². The second-order valence-electron chi connectivity index (χ2n) is 7.46. The molecule has 1 aromatic carbocycles. The molecule has 0 aliphatic carbocycles. The summed E-state index contributed by atoms with van der Waals surface area (Å²) in [6.07, 6.45) is 0.801.